The lowest BCUT2D eigenvalue weighted by atomic mass is 9.73. The van der Waals surface area contributed by atoms with E-state index in [-0.39, 0.29) is 5.97 Å². The van der Waals surface area contributed by atoms with Crippen molar-refractivity contribution in [3.63, 3.8) is 0 Å². The Hall–Kier alpha value is -0.610. The number of likely N-dealkylation sites (tertiary alicyclic amines) is 1. The van der Waals surface area contributed by atoms with Crippen LogP contribution in [-0.2, 0) is 9.53 Å². The lowest BCUT2D eigenvalue weighted by molar-refractivity contribution is -0.153. The van der Waals surface area contributed by atoms with Gasteiger partial charge in [-0.05, 0) is 64.7 Å². The Kier molecular flexibility index (Phi) is 4.05. The molecule has 0 aromatic rings. The molecule has 2 fully saturated rings. The highest BCUT2D eigenvalue weighted by Gasteiger charge is 2.47. The Morgan fingerprint density at radius 1 is 1.35 bits per heavy atom. The van der Waals surface area contributed by atoms with E-state index in [0.717, 1.165) is 45.3 Å². The van der Waals surface area contributed by atoms with Gasteiger partial charge in [0.25, 0.3) is 0 Å². The maximum absolute atomic E-state index is 12.2. The Labute approximate surface area is 104 Å². The zero-order valence-corrected chi connectivity index (χ0v) is 11.0. The maximum Gasteiger partial charge on any atom is 0.326 e. The van der Waals surface area contributed by atoms with Gasteiger partial charge in [-0.15, -0.1) is 0 Å². The van der Waals surface area contributed by atoms with Crippen LogP contribution < -0.4 is 5.32 Å². The number of piperidine rings is 2. The molecule has 4 nitrogen and oxygen atoms in total. The van der Waals surface area contributed by atoms with Crippen LogP contribution in [0.15, 0.2) is 0 Å². The van der Waals surface area contributed by atoms with E-state index in [1.54, 1.807) is 0 Å². The standard InChI is InChI=1S/C13H24N2O2/c1-15-9-5-11(6-10-15)13(12(16)17-2)7-3-4-8-14-13/h11,14H,3-10H2,1-2H3. The van der Waals surface area contributed by atoms with Gasteiger partial charge in [-0.25, -0.2) is 0 Å². The van der Waals surface area contributed by atoms with Crippen molar-refractivity contribution in [2.75, 3.05) is 33.8 Å². The minimum Gasteiger partial charge on any atom is -0.468 e. The number of carbonyl (C=O) groups is 1. The topological polar surface area (TPSA) is 41.6 Å². The first-order valence-electron chi connectivity index (χ1n) is 6.71. The lowest BCUT2D eigenvalue weighted by Crippen LogP contribution is -2.61. The molecule has 0 saturated carbocycles. The fourth-order valence-electron chi connectivity index (χ4n) is 3.30. The molecule has 0 bridgehead atoms. The van der Waals surface area contributed by atoms with Crippen LogP contribution in [0, 0.1) is 5.92 Å². The first kappa shape index (κ1) is 12.8. The van der Waals surface area contributed by atoms with E-state index in [1.807, 2.05) is 0 Å². The Balaban J connectivity index is 2.12. The number of nitrogens with one attached hydrogen (secondary N) is 1. The summed E-state index contributed by atoms with van der Waals surface area (Å²) >= 11 is 0. The van der Waals surface area contributed by atoms with Gasteiger partial charge in [0.1, 0.15) is 5.54 Å². The zero-order valence-electron chi connectivity index (χ0n) is 11.0. The van der Waals surface area contributed by atoms with E-state index in [4.69, 9.17) is 4.74 Å². The molecule has 2 aliphatic rings. The van der Waals surface area contributed by atoms with Crippen LogP contribution in [0.2, 0.25) is 0 Å². The van der Waals surface area contributed by atoms with Crippen LogP contribution in [0.4, 0.5) is 0 Å². The first-order chi connectivity index (χ1) is 8.19. The smallest absolute Gasteiger partial charge is 0.326 e. The highest BCUT2D eigenvalue weighted by Crippen LogP contribution is 2.35. The summed E-state index contributed by atoms with van der Waals surface area (Å²) in [5.41, 5.74) is -0.395. The van der Waals surface area contributed by atoms with Crippen molar-refractivity contribution in [2.45, 2.75) is 37.6 Å². The van der Waals surface area contributed by atoms with Gasteiger partial charge >= 0.3 is 5.97 Å². The largest absolute Gasteiger partial charge is 0.468 e. The second-order valence-corrected chi connectivity index (χ2v) is 5.42. The molecule has 0 spiro atoms. The molecule has 2 saturated heterocycles. The fourth-order valence-corrected chi connectivity index (χ4v) is 3.30. The first-order valence-corrected chi connectivity index (χ1v) is 6.71. The molecule has 0 aromatic heterocycles. The summed E-state index contributed by atoms with van der Waals surface area (Å²) in [5, 5.41) is 3.47. The van der Waals surface area contributed by atoms with E-state index >= 15 is 0 Å². The molecular formula is C13H24N2O2. The quantitative estimate of drug-likeness (QED) is 0.732. The SMILES string of the molecule is COC(=O)C1(C2CCN(C)CC2)CCCCN1. The van der Waals surface area contributed by atoms with Crippen molar-refractivity contribution in [1.29, 1.82) is 0 Å². The van der Waals surface area contributed by atoms with Crippen molar-refractivity contribution < 1.29 is 9.53 Å². The number of nitrogens with zero attached hydrogens (tertiary/aromatic N) is 1. The van der Waals surface area contributed by atoms with E-state index in [1.165, 1.54) is 13.5 Å². The van der Waals surface area contributed by atoms with Crippen LogP contribution in [0.5, 0.6) is 0 Å². The number of esters is 1. The van der Waals surface area contributed by atoms with Gasteiger partial charge in [0.05, 0.1) is 7.11 Å². The Morgan fingerprint density at radius 3 is 2.59 bits per heavy atom. The van der Waals surface area contributed by atoms with E-state index in [9.17, 15) is 4.79 Å². The van der Waals surface area contributed by atoms with Gasteiger partial charge in [0.15, 0.2) is 0 Å². The zero-order chi connectivity index (χ0) is 12.3. The van der Waals surface area contributed by atoms with Gasteiger partial charge in [0, 0.05) is 0 Å². The molecule has 0 amide bonds. The maximum atomic E-state index is 12.2. The molecule has 1 unspecified atom stereocenters. The van der Waals surface area contributed by atoms with E-state index < -0.39 is 5.54 Å². The number of hydrogen-bond donors (Lipinski definition) is 1. The predicted octanol–water partition coefficient (Wildman–Crippen LogP) is 1.01. The molecular weight excluding hydrogens is 216 g/mol. The summed E-state index contributed by atoms with van der Waals surface area (Å²) in [7, 11) is 3.66. The molecule has 17 heavy (non-hydrogen) atoms. The summed E-state index contributed by atoms with van der Waals surface area (Å²) in [6.45, 7) is 3.12. The minimum atomic E-state index is -0.395. The second-order valence-electron chi connectivity index (χ2n) is 5.42. The monoisotopic (exact) mass is 240 g/mol. The molecule has 2 aliphatic heterocycles. The van der Waals surface area contributed by atoms with Crippen molar-refractivity contribution in [2.24, 2.45) is 5.92 Å². The predicted molar refractivity (Wildman–Crippen MR) is 66.8 cm³/mol. The van der Waals surface area contributed by atoms with Gasteiger partial charge in [0.2, 0.25) is 0 Å². The molecule has 98 valence electrons. The molecule has 2 rings (SSSR count). The summed E-state index contributed by atoms with van der Waals surface area (Å²) < 4.78 is 5.06. The summed E-state index contributed by atoms with van der Waals surface area (Å²) in [4.78, 5) is 14.5. The van der Waals surface area contributed by atoms with Crippen molar-refractivity contribution in [3.05, 3.63) is 0 Å². The molecule has 2 heterocycles. The third kappa shape index (κ3) is 2.47. The van der Waals surface area contributed by atoms with Crippen molar-refractivity contribution in [3.8, 4) is 0 Å². The van der Waals surface area contributed by atoms with Crippen LogP contribution in [0.3, 0.4) is 0 Å². The molecule has 0 radical (unpaired) electrons. The van der Waals surface area contributed by atoms with E-state index in [0.29, 0.717) is 5.92 Å². The fraction of sp³-hybridized carbons (Fsp3) is 0.923. The highest BCUT2D eigenvalue weighted by molar-refractivity contribution is 5.81. The van der Waals surface area contributed by atoms with Crippen LogP contribution in [-0.4, -0.2) is 50.2 Å². The van der Waals surface area contributed by atoms with Gasteiger partial charge < -0.3 is 15.0 Å². The normalized spacial score (nSPS) is 32.4. The Morgan fingerprint density at radius 2 is 2.06 bits per heavy atom. The highest BCUT2D eigenvalue weighted by atomic mass is 16.5. The third-order valence-electron chi connectivity index (χ3n) is 4.40. The molecule has 4 heteroatoms. The average molecular weight is 240 g/mol. The molecule has 0 aliphatic carbocycles. The number of ether oxygens (including phenoxy) is 1. The third-order valence-corrected chi connectivity index (χ3v) is 4.40. The minimum absolute atomic E-state index is 0.0493. The number of hydrogen-bond acceptors (Lipinski definition) is 4. The second kappa shape index (κ2) is 5.36. The Bertz CT molecular complexity index is 267. The average Bonchev–Trinajstić information content (AvgIpc) is 2.39. The van der Waals surface area contributed by atoms with E-state index in [2.05, 4.69) is 17.3 Å². The lowest BCUT2D eigenvalue weighted by Gasteiger charge is -2.44. The van der Waals surface area contributed by atoms with Gasteiger partial charge in [-0.1, -0.05) is 0 Å². The summed E-state index contributed by atoms with van der Waals surface area (Å²) in [5.74, 6) is 0.387. The van der Waals surface area contributed by atoms with Crippen LogP contribution in [0.1, 0.15) is 32.1 Å². The summed E-state index contributed by atoms with van der Waals surface area (Å²) in [6.07, 6.45) is 5.44. The molecule has 1 atom stereocenters. The van der Waals surface area contributed by atoms with Gasteiger partial charge in [-0.2, -0.15) is 0 Å². The van der Waals surface area contributed by atoms with Crippen LogP contribution >= 0.6 is 0 Å². The number of carbonyl (C=O) groups excluding carboxylic acids is 1. The van der Waals surface area contributed by atoms with Crippen molar-refractivity contribution >= 4 is 5.97 Å². The summed E-state index contributed by atoms with van der Waals surface area (Å²) in [6, 6.07) is 0. The van der Waals surface area contributed by atoms with Gasteiger partial charge in [-0.3, -0.25) is 4.79 Å². The van der Waals surface area contributed by atoms with Crippen molar-refractivity contribution in [1.82, 2.24) is 10.2 Å². The number of rotatable bonds is 2. The molecule has 0 aromatic carbocycles. The number of methoxy groups -OCH3 is 1. The van der Waals surface area contributed by atoms with Crippen LogP contribution in [0.25, 0.3) is 0 Å². The molecule has 1 N–H and O–H groups in total.